The maximum Gasteiger partial charge on any atom is 0.116 e. The summed E-state index contributed by atoms with van der Waals surface area (Å²) < 4.78 is 16.1. The molecule has 2 atom stereocenters. The topological polar surface area (TPSA) is 26.0 Å². The van der Waals surface area contributed by atoms with Gasteiger partial charge < -0.3 is 5.73 Å². The third-order valence-corrected chi connectivity index (χ3v) is 4.91. The van der Waals surface area contributed by atoms with E-state index in [0.29, 0.717) is 19.3 Å². The Bertz CT molecular complexity index is 550. The number of nitrogens with two attached hydrogens (primary N) is 1. The number of hydrogen-bond acceptors (Lipinski definition) is 2. The molecule has 0 bridgehead atoms. The number of halogens is 1. The van der Waals surface area contributed by atoms with Crippen LogP contribution < -0.4 is 5.73 Å². The molecule has 2 aromatic rings. The molecule has 0 saturated heterocycles. The lowest BCUT2D eigenvalue weighted by Gasteiger charge is -2.33. The van der Waals surface area contributed by atoms with Crippen molar-refractivity contribution in [1.82, 2.24) is 0 Å². The first-order valence-corrected chi connectivity index (χ1v) is 7.44. The van der Waals surface area contributed by atoms with Crippen LogP contribution in [-0.4, -0.2) is 11.7 Å². The Morgan fingerprint density at radius 2 is 2.22 bits per heavy atom. The van der Waals surface area contributed by atoms with E-state index in [9.17, 15) is 4.39 Å². The van der Waals surface area contributed by atoms with E-state index in [1.165, 1.54) is 10.1 Å². The molecule has 0 aliphatic heterocycles. The number of hydrogen-bond donors (Lipinski definition) is 1. The molecule has 1 saturated carbocycles. The van der Waals surface area contributed by atoms with Crippen molar-refractivity contribution in [3.8, 4) is 0 Å². The van der Waals surface area contributed by atoms with Gasteiger partial charge in [-0.2, -0.15) is 0 Å². The summed E-state index contributed by atoms with van der Waals surface area (Å²) in [6.07, 6.45) is 3.57. The largest absolute Gasteiger partial charge is 0.328 e. The third kappa shape index (κ3) is 2.29. The zero-order valence-corrected chi connectivity index (χ0v) is 11.2. The Morgan fingerprint density at radius 1 is 1.39 bits per heavy atom. The standard InChI is InChI=1S/C15H18FNS/c16-15(7-3-4-12(17)9-15)8-11-10-18-14-6-2-1-5-13(11)14/h1-2,5-6,10,12H,3-4,7-9,17H2. The molecule has 1 aromatic carbocycles. The van der Waals surface area contributed by atoms with Gasteiger partial charge in [-0.15, -0.1) is 11.3 Å². The van der Waals surface area contributed by atoms with Crippen molar-refractivity contribution in [3.05, 3.63) is 35.2 Å². The average Bonchev–Trinajstić information content (AvgIpc) is 2.72. The molecule has 18 heavy (non-hydrogen) atoms. The van der Waals surface area contributed by atoms with Crippen LogP contribution in [0.15, 0.2) is 29.6 Å². The van der Waals surface area contributed by atoms with Gasteiger partial charge in [0.1, 0.15) is 5.67 Å². The van der Waals surface area contributed by atoms with Crippen LogP contribution in [0.1, 0.15) is 31.2 Å². The van der Waals surface area contributed by atoms with Crippen LogP contribution in [-0.2, 0) is 6.42 Å². The van der Waals surface area contributed by atoms with Crippen molar-refractivity contribution in [3.63, 3.8) is 0 Å². The van der Waals surface area contributed by atoms with E-state index in [0.717, 1.165) is 18.4 Å². The molecule has 0 spiro atoms. The summed E-state index contributed by atoms with van der Waals surface area (Å²) in [4.78, 5) is 0. The van der Waals surface area contributed by atoms with Crippen molar-refractivity contribution in [2.24, 2.45) is 5.73 Å². The fourth-order valence-electron chi connectivity index (χ4n) is 3.03. The first kappa shape index (κ1) is 12.1. The minimum Gasteiger partial charge on any atom is -0.328 e. The van der Waals surface area contributed by atoms with Gasteiger partial charge in [0.15, 0.2) is 0 Å². The second kappa shape index (κ2) is 4.63. The van der Waals surface area contributed by atoms with E-state index in [2.05, 4.69) is 17.5 Å². The lowest BCUT2D eigenvalue weighted by molar-refractivity contribution is 0.0970. The van der Waals surface area contributed by atoms with Crippen LogP contribution in [0.3, 0.4) is 0 Å². The Hall–Kier alpha value is -0.930. The lowest BCUT2D eigenvalue weighted by atomic mass is 9.80. The van der Waals surface area contributed by atoms with Gasteiger partial charge >= 0.3 is 0 Å². The highest BCUT2D eigenvalue weighted by atomic mass is 32.1. The summed E-state index contributed by atoms with van der Waals surface area (Å²) in [5, 5.41) is 3.31. The quantitative estimate of drug-likeness (QED) is 0.869. The minimum absolute atomic E-state index is 0.0358. The molecule has 1 fully saturated rings. The van der Waals surface area contributed by atoms with Gasteiger partial charge in [0.05, 0.1) is 0 Å². The predicted molar refractivity (Wildman–Crippen MR) is 75.8 cm³/mol. The molecule has 3 heteroatoms. The van der Waals surface area contributed by atoms with Gasteiger partial charge in [0.2, 0.25) is 0 Å². The van der Waals surface area contributed by atoms with Gasteiger partial charge in [-0.1, -0.05) is 18.2 Å². The van der Waals surface area contributed by atoms with Crippen LogP contribution in [0.2, 0.25) is 0 Å². The average molecular weight is 263 g/mol. The van der Waals surface area contributed by atoms with E-state index in [1.807, 2.05) is 12.1 Å². The second-order valence-corrected chi connectivity index (χ2v) is 6.35. The molecule has 96 valence electrons. The molecule has 2 unspecified atom stereocenters. The smallest absolute Gasteiger partial charge is 0.116 e. The SMILES string of the molecule is NC1CCCC(F)(Cc2csc3ccccc23)C1. The maximum atomic E-state index is 14.8. The first-order chi connectivity index (χ1) is 8.66. The van der Waals surface area contributed by atoms with Crippen LogP contribution >= 0.6 is 11.3 Å². The summed E-state index contributed by atoms with van der Waals surface area (Å²) in [5.41, 5.74) is 5.96. The minimum atomic E-state index is -1.10. The second-order valence-electron chi connectivity index (χ2n) is 5.44. The summed E-state index contributed by atoms with van der Waals surface area (Å²) in [6, 6.07) is 8.28. The van der Waals surface area contributed by atoms with Crippen LogP contribution in [0.25, 0.3) is 10.1 Å². The van der Waals surface area contributed by atoms with Gasteiger partial charge in [-0.3, -0.25) is 0 Å². The van der Waals surface area contributed by atoms with E-state index in [-0.39, 0.29) is 6.04 Å². The zero-order chi connectivity index (χ0) is 12.6. The van der Waals surface area contributed by atoms with Gasteiger partial charge in [-0.25, -0.2) is 4.39 Å². The molecule has 0 amide bonds. The Morgan fingerprint density at radius 3 is 3.06 bits per heavy atom. The molecular formula is C15H18FNS. The maximum absolute atomic E-state index is 14.8. The van der Waals surface area contributed by atoms with Crippen molar-refractivity contribution in [1.29, 1.82) is 0 Å². The number of alkyl halides is 1. The highest BCUT2D eigenvalue weighted by Crippen LogP contribution is 2.37. The van der Waals surface area contributed by atoms with Gasteiger partial charge in [0, 0.05) is 17.2 Å². The molecule has 1 aliphatic carbocycles. The molecule has 1 nitrogen and oxygen atoms in total. The fourth-order valence-corrected chi connectivity index (χ4v) is 3.99. The van der Waals surface area contributed by atoms with E-state index >= 15 is 0 Å². The van der Waals surface area contributed by atoms with Crippen molar-refractivity contribution in [2.45, 2.75) is 43.8 Å². The van der Waals surface area contributed by atoms with Crippen molar-refractivity contribution in [2.75, 3.05) is 0 Å². The van der Waals surface area contributed by atoms with Crippen LogP contribution in [0.5, 0.6) is 0 Å². The summed E-state index contributed by atoms with van der Waals surface area (Å²) >= 11 is 1.70. The van der Waals surface area contributed by atoms with E-state index in [4.69, 9.17) is 5.73 Å². The van der Waals surface area contributed by atoms with E-state index < -0.39 is 5.67 Å². The Labute approximate surface area is 111 Å². The molecule has 0 radical (unpaired) electrons. The zero-order valence-electron chi connectivity index (χ0n) is 10.4. The Kier molecular flexibility index (Phi) is 3.12. The molecule has 1 aromatic heterocycles. The van der Waals surface area contributed by atoms with Crippen molar-refractivity contribution < 1.29 is 4.39 Å². The molecule has 2 N–H and O–H groups in total. The fraction of sp³-hybridized carbons (Fsp3) is 0.467. The summed E-state index contributed by atoms with van der Waals surface area (Å²) in [6.45, 7) is 0. The van der Waals surface area contributed by atoms with Crippen LogP contribution in [0.4, 0.5) is 4.39 Å². The number of benzene rings is 1. The predicted octanol–water partition coefficient (Wildman–Crippen LogP) is 4.05. The molecule has 3 rings (SSSR count). The van der Waals surface area contributed by atoms with Crippen LogP contribution in [0, 0.1) is 0 Å². The van der Waals surface area contributed by atoms with Gasteiger partial charge in [-0.05, 0) is 48.1 Å². The lowest BCUT2D eigenvalue weighted by Crippen LogP contribution is -2.39. The summed E-state index contributed by atoms with van der Waals surface area (Å²) in [5.74, 6) is 0. The Balaban J connectivity index is 1.87. The van der Waals surface area contributed by atoms with Crippen molar-refractivity contribution >= 4 is 21.4 Å². The number of fused-ring (bicyclic) bond motifs is 1. The number of rotatable bonds is 2. The highest BCUT2D eigenvalue weighted by Gasteiger charge is 2.35. The molecule has 1 heterocycles. The van der Waals surface area contributed by atoms with Gasteiger partial charge in [0.25, 0.3) is 0 Å². The third-order valence-electron chi connectivity index (χ3n) is 3.90. The summed E-state index contributed by atoms with van der Waals surface area (Å²) in [7, 11) is 0. The number of thiophene rings is 1. The first-order valence-electron chi connectivity index (χ1n) is 6.56. The van der Waals surface area contributed by atoms with E-state index in [1.54, 1.807) is 11.3 Å². The normalized spacial score (nSPS) is 28.7. The highest BCUT2D eigenvalue weighted by molar-refractivity contribution is 7.17. The molecular weight excluding hydrogens is 245 g/mol. The monoisotopic (exact) mass is 263 g/mol. The molecule has 1 aliphatic rings.